The van der Waals surface area contributed by atoms with Crippen molar-refractivity contribution in [1.82, 2.24) is 4.90 Å². The molecule has 0 aromatic heterocycles. The molecule has 0 radical (unpaired) electrons. The smallest absolute Gasteiger partial charge is 0.326 e. The molecule has 5 nitrogen and oxygen atoms in total. The topological polar surface area (TPSA) is 83.6 Å². The fraction of sp³-hybridized carbons (Fsp3) is 0.846. The summed E-state index contributed by atoms with van der Waals surface area (Å²) in [5.41, 5.74) is 5.52. The zero-order valence-electron chi connectivity index (χ0n) is 11.1. The van der Waals surface area contributed by atoms with E-state index in [4.69, 9.17) is 10.8 Å². The van der Waals surface area contributed by atoms with Crippen LogP contribution in [-0.4, -0.2) is 41.0 Å². The van der Waals surface area contributed by atoms with Crippen molar-refractivity contribution in [1.29, 1.82) is 0 Å². The van der Waals surface area contributed by atoms with Gasteiger partial charge in [0.25, 0.3) is 0 Å². The summed E-state index contributed by atoms with van der Waals surface area (Å²) in [5, 5.41) is 9.03. The molecule has 3 N–H and O–H groups in total. The van der Waals surface area contributed by atoms with E-state index in [9.17, 15) is 9.59 Å². The van der Waals surface area contributed by atoms with Gasteiger partial charge >= 0.3 is 5.97 Å². The zero-order valence-corrected chi connectivity index (χ0v) is 11.1. The van der Waals surface area contributed by atoms with E-state index >= 15 is 0 Å². The maximum Gasteiger partial charge on any atom is 0.326 e. The van der Waals surface area contributed by atoms with E-state index in [1.807, 2.05) is 0 Å². The van der Waals surface area contributed by atoms with Gasteiger partial charge in [0.05, 0.1) is 0 Å². The Labute approximate surface area is 108 Å². The van der Waals surface area contributed by atoms with Crippen molar-refractivity contribution >= 4 is 11.9 Å². The average Bonchev–Trinajstić information content (AvgIpc) is 2.83. The fourth-order valence-electron chi connectivity index (χ4n) is 2.58. The van der Waals surface area contributed by atoms with E-state index in [0.717, 1.165) is 25.7 Å². The number of carboxylic acids is 1. The second-order valence-electron chi connectivity index (χ2n) is 4.97. The molecule has 0 aromatic rings. The highest BCUT2D eigenvalue weighted by Gasteiger charge is 2.33. The number of carboxylic acid groups (broad SMARTS) is 1. The molecule has 0 aliphatic carbocycles. The third-order valence-electron chi connectivity index (χ3n) is 3.78. The van der Waals surface area contributed by atoms with Crippen LogP contribution in [0.4, 0.5) is 0 Å². The normalized spacial score (nSPS) is 21.0. The number of carbonyl (C=O) groups is 2. The van der Waals surface area contributed by atoms with Crippen molar-refractivity contribution in [2.24, 2.45) is 11.7 Å². The summed E-state index contributed by atoms with van der Waals surface area (Å²) in [4.78, 5) is 24.5. The number of hydrogen-bond acceptors (Lipinski definition) is 3. The summed E-state index contributed by atoms with van der Waals surface area (Å²) in [6.07, 6.45) is 4.60. The number of nitrogens with two attached hydrogens (primary N) is 1. The maximum atomic E-state index is 12.0. The van der Waals surface area contributed by atoms with Crippen LogP contribution in [0, 0.1) is 5.92 Å². The molecule has 1 heterocycles. The van der Waals surface area contributed by atoms with Crippen LogP contribution in [0.2, 0.25) is 0 Å². The Kier molecular flexibility index (Phi) is 6.12. The Bertz CT molecular complexity index is 294. The third-order valence-corrected chi connectivity index (χ3v) is 3.78. The summed E-state index contributed by atoms with van der Waals surface area (Å²) in [6.45, 7) is 3.33. The fourth-order valence-corrected chi connectivity index (χ4v) is 2.58. The van der Waals surface area contributed by atoms with Gasteiger partial charge in [-0.1, -0.05) is 13.3 Å². The van der Waals surface area contributed by atoms with Crippen LogP contribution in [-0.2, 0) is 9.59 Å². The number of hydrogen-bond donors (Lipinski definition) is 2. The lowest BCUT2D eigenvalue weighted by Crippen LogP contribution is -2.40. The highest BCUT2D eigenvalue weighted by molar-refractivity contribution is 5.84. The number of nitrogens with zero attached hydrogens (tertiary/aromatic N) is 1. The van der Waals surface area contributed by atoms with Crippen molar-refractivity contribution in [3.63, 3.8) is 0 Å². The van der Waals surface area contributed by atoms with E-state index in [1.54, 1.807) is 0 Å². The number of amides is 1. The first kappa shape index (κ1) is 15.0. The van der Waals surface area contributed by atoms with Crippen LogP contribution < -0.4 is 5.73 Å². The number of aliphatic carboxylic acids is 1. The van der Waals surface area contributed by atoms with Gasteiger partial charge in [-0.3, -0.25) is 4.79 Å². The van der Waals surface area contributed by atoms with E-state index < -0.39 is 12.0 Å². The molecule has 18 heavy (non-hydrogen) atoms. The Morgan fingerprint density at radius 2 is 2.17 bits per heavy atom. The van der Waals surface area contributed by atoms with Gasteiger partial charge in [-0.2, -0.15) is 0 Å². The maximum absolute atomic E-state index is 12.0. The van der Waals surface area contributed by atoms with Crippen LogP contribution in [0.15, 0.2) is 0 Å². The second kappa shape index (κ2) is 7.36. The first-order valence-corrected chi connectivity index (χ1v) is 6.82. The third kappa shape index (κ3) is 3.98. The lowest BCUT2D eigenvalue weighted by atomic mass is 9.96. The summed E-state index contributed by atoms with van der Waals surface area (Å²) >= 11 is 0. The van der Waals surface area contributed by atoms with Crippen LogP contribution in [0.1, 0.15) is 45.4 Å². The molecule has 1 rings (SSSR count). The lowest BCUT2D eigenvalue weighted by Gasteiger charge is -2.22. The van der Waals surface area contributed by atoms with Gasteiger partial charge in [-0.25, -0.2) is 4.79 Å². The molecule has 1 fully saturated rings. The Morgan fingerprint density at radius 3 is 2.72 bits per heavy atom. The number of rotatable bonds is 7. The molecule has 1 unspecified atom stereocenters. The van der Waals surface area contributed by atoms with Crippen molar-refractivity contribution in [2.75, 3.05) is 13.1 Å². The minimum absolute atomic E-state index is 0.0182. The van der Waals surface area contributed by atoms with Crippen LogP contribution in [0.3, 0.4) is 0 Å². The summed E-state index contributed by atoms with van der Waals surface area (Å²) < 4.78 is 0. The molecule has 1 saturated heterocycles. The van der Waals surface area contributed by atoms with E-state index in [2.05, 4.69) is 6.92 Å². The van der Waals surface area contributed by atoms with Gasteiger partial charge < -0.3 is 15.7 Å². The van der Waals surface area contributed by atoms with Crippen molar-refractivity contribution in [3.8, 4) is 0 Å². The monoisotopic (exact) mass is 256 g/mol. The molecule has 0 aromatic carbocycles. The summed E-state index contributed by atoms with van der Waals surface area (Å²) in [5.74, 6) is -0.421. The number of carbonyl (C=O) groups excluding carboxylic acids is 1. The molecular weight excluding hydrogens is 232 g/mol. The van der Waals surface area contributed by atoms with Gasteiger partial charge in [0, 0.05) is 13.0 Å². The number of likely N-dealkylation sites (tertiary alicyclic amines) is 1. The van der Waals surface area contributed by atoms with E-state index in [-0.39, 0.29) is 5.91 Å². The first-order chi connectivity index (χ1) is 8.60. The highest BCUT2D eigenvalue weighted by Crippen LogP contribution is 2.21. The van der Waals surface area contributed by atoms with E-state index in [0.29, 0.717) is 31.8 Å². The van der Waals surface area contributed by atoms with Crippen molar-refractivity contribution in [3.05, 3.63) is 0 Å². The largest absolute Gasteiger partial charge is 0.480 e. The predicted molar refractivity (Wildman–Crippen MR) is 69.1 cm³/mol. The molecule has 5 heteroatoms. The van der Waals surface area contributed by atoms with E-state index in [1.165, 1.54) is 4.90 Å². The van der Waals surface area contributed by atoms with Crippen LogP contribution in [0.5, 0.6) is 0 Å². The summed E-state index contributed by atoms with van der Waals surface area (Å²) in [6, 6.07) is -0.605. The molecule has 0 spiro atoms. The molecule has 1 aliphatic rings. The van der Waals surface area contributed by atoms with Crippen molar-refractivity contribution in [2.45, 2.75) is 51.5 Å². The molecule has 0 saturated carbocycles. The van der Waals surface area contributed by atoms with Gasteiger partial charge in [-0.05, 0) is 38.1 Å². The quantitative estimate of drug-likeness (QED) is 0.717. The Balaban J connectivity index is 2.42. The Morgan fingerprint density at radius 1 is 1.44 bits per heavy atom. The molecule has 2 atom stereocenters. The van der Waals surface area contributed by atoms with Gasteiger partial charge in [0.15, 0.2) is 0 Å². The van der Waals surface area contributed by atoms with Gasteiger partial charge in [0.1, 0.15) is 6.04 Å². The van der Waals surface area contributed by atoms with Gasteiger partial charge in [0.2, 0.25) is 5.91 Å². The molecule has 0 bridgehead atoms. The minimum Gasteiger partial charge on any atom is -0.480 e. The first-order valence-electron chi connectivity index (χ1n) is 6.82. The molecule has 104 valence electrons. The highest BCUT2D eigenvalue weighted by atomic mass is 16.4. The standard InChI is InChI=1S/C13H24N2O3/c1-2-10(7-8-14)5-6-12(16)15-9-3-4-11(15)13(17)18/h10-11H,2-9,14H2,1H3,(H,17,18)/t10?,11-/m1/s1. The predicted octanol–water partition coefficient (Wildman–Crippen LogP) is 1.22. The molecular formula is C13H24N2O3. The van der Waals surface area contributed by atoms with Crippen molar-refractivity contribution < 1.29 is 14.7 Å². The van der Waals surface area contributed by atoms with Crippen LogP contribution in [0.25, 0.3) is 0 Å². The minimum atomic E-state index is -0.880. The Hall–Kier alpha value is -1.10. The lowest BCUT2D eigenvalue weighted by molar-refractivity contribution is -0.148. The molecule has 1 amide bonds. The SMILES string of the molecule is CCC(CCN)CCC(=O)N1CCC[C@@H]1C(=O)O. The average molecular weight is 256 g/mol. The zero-order chi connectivity index (χ0) is 13.5. The van der Waals surface area contributed by atoms with Gasteiger partial charge in [-0.15, -0.1) is 0 Å². The van der Waals surface area contributed by atoms with Crippen LogP contribution >= 0.6 is 0 Å². The summed E-state index contributed by atoms with van der Waals surface area (Å²) in [7, 11) is 0. The molecule has 1 aliphatic heterocycles. The second-order valence-corrected chi connectivity index (χ2v) is 4.97.